The van der Waals surface area contributed by atoms with Gasteiger partial charge in [-0.25, -0.2) is 0 Å². The van der Waals surface area contributed by atoms with Crippen LogP contribution in [0.4, 0.5) is 5.69 Å². The van der Waals surface area contributed by atoms with Gasteiger partial charge in [0.2, 0.25) is 11.8 Å². The fourth-order valence-electron chi connectivity index (χ4n) is 4.07. The molecule has 8 nitrogen and oxygen atoms in total. The minimum absolute atomic E-state index is 0.000783. The van der Waals surface area contributed by atoms with Crippen LogP contribution in [-0.2, 0) is 29.1 Å². The Labute approximate surface area is 192 Å². The number of benzene rings is 2. The van der Waals surface area contributed by atoms with Crippen molar-refractivity contribution in [2.45, 2.75) is 25.6 Å². The molecule has 4 rings (SSSR count). The quantitative estimate of drug-likeness (QED) is 0.578. The van der Waals surface area contributed by atoms with Gasteiger partial charge in [0.15, 0.2) is 0 Å². The molecule has 0 saturated carbocycles. The number of fused-ring (bicyclic) bond motifs is 1. The average molecular weight is 447 g/mol. The van der Waals surface area contributed by atoms with Crippen molar-refractivity contribution in [2.75, 3.05) is 18.5 Å². The third kappa shape index (κ3) is 4.96. The van der Waals surface area contributed by atoms with Gasteiger partial charge in [0.05, 0.1) is 36.6 Å². The van der Waals surface area contributed by atoms with Gasteiger partial charge in [0, 0.05) is 13.6 Å². The molecule has 3 N–H and O–H groups in total. The maximum Gasteiger partial charge on any atom is 0.253 e. The molecular weight excluding hydrogens is 420 g/mol. The minimum Gasteiger partial charge on any atom is -0.467 e. The van der Waals surface area contributed by atoms with Crippen LogP contribution in [0.2, 0.25) is 0 Å². The fraction of sp³-hybridized carbons (Fsp3) is 0.240. The topological polar surface area (TPSA) is 109 Å². The summed E-state index contributed by atoms with van der Waals surface area (Å²) in [6.07, 6.45) is 2.01. The number of nitrogens with one attached hydrogen (secondary N) is 1. The first-order valence-electron chi connectivity index (χ1n) is 10.7. The summed E-state index contributed by atoms with van der Waals surface area (Å²) in [5.41, 5.74) is 8.64. The van der Waals surface area contributed by atoms with Crippen molar-refractivity contribution in [3.63, 3.8) is 0 Å². The van der Waals surface area contributed by atoms with E-state index in [0.29, 0.717) is 30.0 Å². The summed E-state index contributed by atoms with van der Waals surface area (Å²) in [6, 6.07) is 17.7. The summed E-state index contributed by atoms with van der Waals surface area (Å²) < 4.78 is 5.25. The summed E-state index contributed by atoms with van der Waals surface area (Å²) in [5, 5.41) is 2.81. The van der Waals surface area contributed by atoms with Gasteiger partial charge in [-0.3, -0.25) is 19.3 Å². The number of hydrogen-bond acceptors (Lipinski definition) is 5. The van der Waals surface area contributed by atoms with Gasteiger partial charge in [0.25, 0.3) is 5.91 Å². The minimum atomic E-state index is -0.566. The lowest BCUT2D eigenvalue weighted by molar-refractivity contribution is -0.126. The van der Waals surface area contributed by atoms with Crippen LogP contribution in [0.25, 0.3) is 0 Å². The molecule has 2 aromatic carbocycles. The van der Waals surface area contributed by atoms with Crippen LogP contribution < -0.4 is 16.0 Å². The Morgan fingerprint density at radius 1 is 1.06 bits per heavy atom. The predicted octanol–water partition coefficient (Wildman–Crippen LogP) is 2.08. The molecule has 1 aliphatic rings. The van der Waals surface area contributed by atoms with Crippen molar-refractivity contribution in [1.29, 1.82) is 0 Å². The van der Waals surface area contributed by atoms with Crippen LogP contribution in [0.5, 0.6) is 0 Å². The SMILES string of the molecule is CN(C(=O)CN1Cc2ccccc2C[C@@H]1C(N)=O)c1ccccc1C(=O)NCc1ccco1. The molecule has 33 heavy (non-hydrogen) atoms. The maximum absolute atomic E-state index is 13.2. The van der Waals surface area contributed by atoms with E-state index < -0.39 is 11.9 Å². The molecule has 170 valence electrons. The van der Waals surface area contributed by atoms with Gasteiger partial charge in [-0.05, 0) is 41.8 Å². The Bertz CT molecular complexity index is 1160. The van der Waals surface area contributed by atoms with Crippen LogP contribution in [0.3, 0.4) is 0 Å². The second-order valence-corrected chi connectivity index (χ2v) is 8.03. The zero-order valence-corrected chi connectivity index (χ0v) is 18.4. The number of anilines is 1. The molecule has 0 fully saturated rings. The number of primary amides is 1. The van der Waals surface area contributed by atoms with Crippen molar-refractivity contribution < 1.29 is 18.8 Å². The lowest BCUT2D eigenvalue weighted by Gasteiger charge is -2.35. The Hall–Kier alpha value is -3.91. The second kappa shape index (κ2) is 9.70. The van der Waals surface area contributed by atoms with Crippen molar-refractivity contribution in [1.82, 2.24) is 10.2 Å². The Kier molecular flexibility index (Phi) is 6.55. The molecule has 1 aliphatic heterocycles. The van der Waals surface area contributed by atoms with Gasteiger partial charge in [-0.2, -0.15) is 0 Å². The Morgan fingerprint density at radius 3 is 2.52 bits per heavy atom. The number of furan rings is 1. The molecule has 3 amide bonds. The standard InChI is InChI=1S/C25H26N4O4/c1-28(21-11-5-4-10-20(21)25(32)27-14-19-9-6-12-33-19)23(30)16-29-15-18-8-3-2-7-17(18)13-22(29)24(26)31/h2-12,22H,13-16H2,1H3,(H2,26,31)(H,27,32)/t22-/m1/s1. The molecule has 3 aromatic rings. The Morgan fingerprint density at radius 2 is 1.79 bits per heavy atom. The predicted molar refractivity (Wildman–Crippen MR) is 123 cm³/mol. The molecule has 0 saturated heterocycles. The van der Waals surface area contributed by atoms with E-state index in [1.807, 2.05) is 24.3 Å². The molecule has 0 spiro atoms. The largest absolute Gasteiger partial charge is 0.467 e. The van der Waals surface area contributed by atoms with Crippen molar-refractivity contribution >= 4 is 23.4 Å². The van der Waals surface area contributed by atoms with Gasteiger partial charge < -0.3 is 20.4 Å². The first kappa shape index (κ1) is 22.3. The summed E-state index contributed by atoms with van der Waals surface area (Å²) in [6.45, 7) is 0.695. The van der Waals surface area contributed by atoms with E-state index in [2.05, 4.69) is 5.32 Å². The summed E-state index contributed by atoms with van der Waals surface area (Å²) >= 11 is 0. The fourth-order valence-corrected chi connectivity index (χ4v) is 4.07. The highest BCUT2D eigenvalue weighted by molar-refractivity contribution is 6.05. The number of likely N-dealkylation sites (N-methyl/N-ethyl adjacent to an activating group) is 1. The highest BCUT2D eigenvalue weighted by Gasteiger charge is 2.32. The molecule has 8 heteroatoms. The van der Waals surface area contributed by atoms with Gasteiger partial charge in [-0.1, -0.05) is 36.4 Å². The highest BCUT2D eigenvalue weighted by atomic mass is 16.3. The molecule has 0 unspecified atom stereocenters. The van der Waals surface area contributed by atoms with Gasteiger partial charge in [0.1, 0.15) is 5.76 Å². The number of para-hydroxylation sites is 1. The average Bonchev–Trinajstić information content (AvgIpc) is 3.35. The van der Waals surface area contributed by atoms with Crippen LogP contribution in [-0.4, -0.2) is 42.3 Å². The van der Waals surface area contributed by atoms with E-state index in [9.17, 15) is 14.4 Å². The third-order valence-electron chi connectivity index (χ3n) is 5.90. The van der Waals surface area contributed by atoms with E-state index in [1.54, 1.807) is 54.6 Å². The lowest BCUT2D eigenvalue weighted by atomic mass is 9.93. The van der Waals surface area contributed by atoms with E-state index in [-0.39, 0.29) is 24.9 Å². The molecule has 1 aromatic heterocycles. The van der Waals surface area contributed by atoms with Gasteiger partial charge >= 0.3 is 0 Å². The number of nitrogens with zero attached hydrogens (tertiary/aromatic N) is 2. The van der Waals surface area contributed by atoms with Crippen molar-refractivity contribution in [3.05, 3.63) is 89.4 Å². The normalized spacial score (nSPS) is 15.5. The first-order valence-corrected chi connectivity index (χ1v) is 10.7. The lowest BCUT2D eigenvalue weighted by Crippen LogP contribution is -2.52. The molecule has 0 aliphatic carbocycles. The van der Waals surface area contributed by atoms with Crippen LogP contribution in [0.15, 0.2) is 71.3 Å². The first-order chi connectivity index (χ1) is 15.9. The van der Waals surface area contributed by atoms with Crippen LogP contribution in [0.1, 0.15) is 27.2 Å². The van der Waals surface area contributed by atoms with E-state index in [1.165, 1.54) is 4.90 Å². The number of rotatable bonds is 7. The Balaban J connectivity index is 1.49. The summed E-state index contributed by atoms with van der Waals surface area (Å²) in [7, 11) is 1.62. The number of carbonyl (C=O) groups is 3. The highest BCUT2D eigenvalue weighted by Crippen LogP contribution is 2.24. The van der Waals surface area contributed by atoms with Crippen molar-refractivity contribution in [2.24, 2.45) is 5.73 Å². The summed E-state index contributed by atoms with van der Waals surface area (Å²) in [4.78, 5) is 41.3. The number of hydrogen-bond donors (Lipinski definition) is 2. The van der Waals surface area contributed by atoms with Crippen LogP contribution in [0, 0.1) is 0 Å². The van der Waals surface area contributed by atoms with E-state index in [4.69, 9.17) is 10.2 Å². The second-order valence-electron chi connectivity index (χ2n) is 8.03. The molecule has 1 atom stereocenters. The zero-order chi connectivity index (χ0) is 23.4. The molecule has 0 bridgehead atoms. The number of carbonyl (C=O) groups excluding carboxylic acids is 3. The molecule has 2 heterocycles. The van der Waals surface area contributed by atoms with Crippen molar-refractivity contribution in [3.8, 4) is 0 Å². The number of nitrogens with two attached hydrogens (primary N) is 1. The molecular formula is C25H26N4O4. The monoisotopic (exact) mass is 446 g/mol. The van der Waals surface area contributed by atoms with Gasteiger partial charge in [-0.15, -0.1) is 0 Å². The smallest absolute Gasteiger partial charge is 0.253 e. The third-order valence-corrected chi connectivity index (χ3v) is 5.90. The zero-order valence-electron chi connectivity index (χ0n) is 18.4. The molecule has 0 radical (unpaired) electrons. The van der Waals surface area contributed by atoms with Crippen LogP contribution >= 0.6 is 0 Å². The number of amides is 3. The summed E-state index contributed by atoms with van der Waals surface area (Å²) in [5.74, 6) is -0.388. The van der Waals surface area contributed by atoms with E-state index in [0.717, 1.165) is 11.1 Å². The van der Waals surface area contributed by atoms with E-state index >= 15 is 0 Å². The maximum atomic E-state index is 13.2.